The number of benzene rings is 1. The summed E-state index contributed by atoms with van der Waals surface area (Å²) in [5.41, 5.74) is 2.23. The van der Waals surface area contributed by atoms with E-state index in [1.807, 2.05) is 30.0 Å². The highest BCUT2D eigenvalue weighted by atomic mass is 16.3. The minimum Gasteiger partial charge on any atom is -0.441 e. The van der Waals surface area contributed by atoms with Crippen LogP contribution in [-0.2, 0) is 6.42 Å². The molecule has 2 N–H and O–H groups in total. The summed E-state index contributed by atoms with van der Waals surface area (Å²) in [6, 6.07) is 5.44. The Morgan fingerprint density at radius 3 is 2.96 bits per heavy atom. The zero-order chi connectivity index (χ0) is 17.2. The standard InChI is InChI=1S/C17H20N6O2/c1-2-15-21-13-9-12(3-4-14(13)25-15)20-17(24)23-7-5-11(6-8-23)16-18-10-19-22-16/h3-4,9-11H,2,5-8H2,1H3,(H,20,24)(H,18,19,22). The number of aromatic nitrogens is 4. The Kier molecular flexibility index (Phi) is 4.09. The summed E-state index contributed by atoms with van der Waals surface area (Å²) in [5.74, 6) is 1.95. The van der Waals surface area contributed by atoms with Crippen molar-refractivity contribution in [1.29, 1.82) is 0 Å². The molecule has 0 radical (unpaired) electrons. The van der Waals surface area contributed by atoms with Crippen LogP contribution < -0.4 is 5.32 Å². The van der Waals surface area contributed by atoms with Crippen molar-refractivity contribution in [1.82, 2.24) is 25.1 Å². The molecule has 1 fully saturated rings. The van der Waals surface area contributed by atoms with E-state index in [0.717, 1.165) is 41.9 Å². The van der Waals surface area contributed by atoms with Crippen molar-refractivity contribution >= 4 is 22.8 Å². The van der Waals surface area contributed by atoms with E-state index in [1.54, 1.807) is 0 Å². The minimum absolute atomic E-state index is 0.0884. The second-order valence-corrected chi connectivity index (χ2v) is 6.21. The summed E-state index contributed by atoms with van der Waals surface area (Å²) in [7, 11) is 0. The molecule has 8 nitrogen and oxygen atoms in total. The molecule has 4 rings (SSSR count). The van der Waals surface area contributed by atoms with E-state index >= 15 is 0 Å². The third kappa shape index (κ3) is 3.19. The lowest BCUT2D eigenvalue weighted by molar-refractivity contribution is 0.193. The van der Waals surface area contributed by atoms with Gasteiger partial charge in [-0.15, -0.1) is 0 Å². The number of anilines is 1. The molecule has 0 unspecified atom stereocenters. The van der Waals surface area contributed by atoms with Gasteiger partial charge in [0, 0.05) is 31.1 Å². The van der Waals surface area contributed by atoms with Crippen molar-refractivity contribution in [2.24, 2.45) is 0 Å². The third-order valence-electron chi connectivity index (χ3n) is 4.59. The van der Waals surface area contributed by atoms with Crippen LogP contribution in [0.3, 0.4) is 0 Å². The van der Waals surface area contributed by atoms with Gasteiger partial charge in [0.15, 0.2) is 11.5 Å². The van der Waals surface area contributed by atoms with E-state index < -0.39 is 0 Å². The van der Waals surface area contributed by atoms with Gasteiger partial charge in [-0.1, -0.05) is 6.92 Å². The van der Waals surface area contributed by atoms with Crippen LogP contribution in [0.2, 0.25) is 0 Å². The number of amides is 2. The largest absolute Gasteiger partial charge is 0.441 e. The third-order valence-corrected chi connectivity index (χ3v) is 4.59. The molecule has 25 heavy (non-hydrogen) atoms. The first-order valence-electron chi connectivity index (χ1n) is 8.53. The van der Waals surface area contributed by atoms with Gasteiger partial charge >= 0.3 is 6.03 Å². The minimum atomic E-state index is -0.0884. The van der Waals surface area contributed by atoms with Crippen LogP contribution in [0.4, 0.5) is 10.5 Å². The number of H-pyrrole nitrogens is 1. The Balaban J connectivity index is 1.39. The van der Waals surface area contributed by atoms with Crippen LogP contribution in [0.5, 0.6) is 0 Å². The molecule has 0 aliphatic carbocycles. The topological polar surface area (TPSA) is 99.9 Å². The second-order valence-electron chi connectivity index (χ2n) is 6.21. The first kappa shape index (κ1) is 15.6. The Hall–Kier alpha value is -2.90. The summed E-state index contributed by atoms with van der Waals surface area (Å²) < 4.78 is 5.59. The Morgan fingerprint density at radius 1 is 1.40 bits per heavy atom. The summed E-state index contributed by atoms with van der Waals surface area (Å²) in [4.78, 5) is 22.9. The summed E-state index contributed by atoms with van der Waals surface area (Å²) in [6.07, 6.45) is 4.03. The van der Waals surface area contributed by atoms with Crippen LogP contribution in [0.15, 0.2) is 28.9 Å². The lowest BCUT2D eigenvalue weighted by atomic mass is 9.96. The van der Waals surface area contributed by atoms with Gasteiger partial charge in [0.2, 0.25) is 0 Å². The van der Waals surface area contributed by atoms with E-state index in [1.165, 1.54) is 6.33 Å². The highest BCUT2D eigenvalue weighted by Crippen LogP contribution is 2.26. The average molecular weight is 340 g/mol. The van der Waals surface area contributed by atoms with Crippen LogP contribution in [0.1, 0.15) is 37.4 Å². The molecule has 0 bridgehead atoms. The number of aromatic amines is 1. The molecule has 0 spiro atoms. The summed E-state index contributed by atoms with van der Waals surface area (Å²) in [6.45, 7) is 3.39. The zero-order valence-electron chi connectivity index (χ0n) is 14.0. The molecule has 3 heterocycles. The molecule has 8 heteroatoms. The fourth-order valence-corrected chi connectivity index (χ4v) is 3.17. The fraction of sp³-hybridized carbons (Fsp3) is 0.412. The number of urea groups is 1. The van der Waals surface area contributed by atoms with Crippen LogP contribution in [0, 0.1) is 0 Å². The zero-order valence-corrected chi connectivity index (χ0v) is 14.0. The maximum atomic E-state index is 12.5. The van der Waals surface area contributed by atoms with Gasteiger partial charge in [-0.05, 0) is 31.0 Å². The Labute approximate surface area is 144 Å². The molecule has 1 saturated heterocycles. The lowest BCUT2D eigenvalue weighted by Crippen LogP contribution is -2.40. The number of rotatable bonds is 3. The molecule has 3 aromatic rings. The highest BCUT2D eigenvalue weighted by Gasteiger charge is 2.25. The number of hydrogen-bond donors (Lipinski definition) is 2. The molecule has 1 aromatic carbocycles. The normalized spacial score (nSPS) is 15.6. The van der Waals surface area contributed by atoms with Crippen molar-refractivity contribution in [2.75, 3.05) is 18.4 Å². The van der Waals surface area contributed by atoms with E-state index in [-0.39, 0.29) is 6.03 Å². The van der Waals surface area contributed by atoms with Crippen LogP contribution >= 0.6 is 0 Å². The molecule has 2 amide bonds. The van der Waals surface area contributed by atoms with Gasteiger partial charge in [-0.3, -0.25) is 5.10 Å². The van der Waals surface area contributed by atoms with Crippen LogP contribution in [-0.4, -0.2) is 44.2 Å². The van der Waals surface area contributed by atoms with E-state index in [4.69, 9.17) is 4.42 Å². The maximum absolute atomic E-state index is 12.5. The number of carbonyl (C=O) groups excluding carboxylic acids is 1. The second kappa shape index (κ2) is 6.54. The van der Waals surface area contributed by atoms with E-state index in [0.29, 0.717) is 24.9 Å². The van der Waals surface area contributed by atoms with Crippen molar-refractivity contribution in [3.63, 3.8) is 0 Å². The predicted molar refractivity (Wildman–Crippen MR) is 92.3 cm³/mol. The van der Waals surface area contributed by atoms with Crippen molar-refractivity contribution in [3.8, 4) is 0 Å². The Bertz CT molecular complexity index is 865. The quantitative estimate of drug-likeness (QED) is 0.763. The van der Waals surface area contributed by atoms with Gasteiger partial charge in [0.1, 0.15) is 17.7 Å². The molecule has 2 aromatic heterocycles. The van der Waals surface area contributed by atoms with Gasteiger partial charge in [-0.2, -0.15) is 5.10 Å². The van der Waals surface area contributed by atoms with Crippen LogP contribution in [0.25, 0.3) is 11.1 Å². The molecular weight excluding hydrogens is 320 g/mol. The number of carbonyl (C=O) groups is 1. The van der Waals surface area contributed by atoms with Gasteiger partial charge in [-0.25, -0.2) is 14.8 Å². The number of nitrogens with one attached hydrogen (secondary N) is 2. The van der Waals surface area contributed by atoms with Gasteiger partial charge in [0.05, 0.1) is 0 Å². The van der Waals surface area contributed by atoms with E-state index in [9.17, 15) is 4.79 Å². The molecule has 1 aliphatic heterocycles. The maximum Gasteiger partial charge on any atom is 0.321 e. The summed E-state index contributed by atoms with van der Waals surface area (Å²) in [5, 5.41) is 9.77. The first-order chi connectivity index (χ1) is 12.2. The molecule has 0 atom stereocenters. The number of aryl methyl sites for hydroxylation is 1. The number of likely N-dealkylation sites (tertiary alicyclic amines) is 1. The number of nitrogens with zero attached hydrogens (tertiary/aromatic N) is 4. The number of piperidine rings is 1. The van der Waals surface area contributed by atoms with Gasteiger partial charge < -0.3 is 14.6 Å². The van der Waals surface area contributed by atoms with E-state index in [2.05, 4.69) is 25.5 Å². The SMILES string of the molecule is CCc1nc2cc(NC(=O)N3CCC(c4ncn[nH]4)CC3)ccc2o1. The Morgan fingerprint density at radius 2 is 2.24 bits per heavy atom. The molecule has 1 aliphatic rings. The highest BCUT2D eigenvalue weighted by molar-refractivity contribution is 5.91. The first-order valence-corrected chi connectivity index (χ1v) is 8.53. The average Bonchev–Trinajstić information content (AvgIpc) is 3.31. The fourth-order valence-electron chi connectivity index (χ4n) is 3.17. The number of oxazole rings is 1. The van der Waals surface area contributed by atoms with Crippen molar-refractivity contribution in [3.05, 3.63) is 36.2 Å². The number of hydrogen-bond acceptors (Lipinski definition) is 5. The van der Waals surface area contributed by atoms with Crippen molar-refractivity contribution in [2.45, 2.75) is 32.1 Å². The smallest absolute Gasteiger partial charge is 0.321 e. The molecular formula is C17H20N6O2. The van der Waals surface area contributed by atoms with Crippen molar-refractivity contribution < 1.29 is 9.21 Å². The molecule has 0 saturated carbocycles. The monoisotopic (exact) mass is 340 g/mol. The lowest BCUT2D eigenvalue weighted by Gasteiger charge is -2.31. The number of fused-ring (bicyclic) bond motifs is 1. The predicted octanol–water partition coefficient (Wildman–Crippen LogP) is 2.92. The van der Waals surface area contributed by atoms with Gasteiger partial charge in [0.25, 0.3) is 0 Å². The molecule has 130 valence electrons. The summed E-state index contributed by atoms with van der Waals surface area (Å²) >= 11 is 0.